The Labute approximate surface area is 147 Å². The Bertz CT molecular complexity index is 634. The second-order valence-electron chi connectivity index (χ2n) is 7.27. The first kappa shape index (κ1) is 18.8. The van der Waals surface area contributed by atoms with Gasteiger partial charge in [-0.05, 0) is 24.2 Å². The van der Waals surface area contributed by atoms with E-state index >= 15 is 0 Å². The highest BCUT2D eigenvalue weighted by molar-refractivity contribution is 7.99. The molecule has 0 radical (unpaired) electrons. The minimum Gasteiger partial charge on any atom is -0.493 e. The molecular weight excluding hydrogens is 326 g/mol. The smallest absolute Gasteiger partial charge is 0.257 e. The van der Waals surface area contributed by atoms with Crippen molar-refractivity contribution in [2.45, 2.75) is 45.8 Å². The fraction of sp³-hybridized carbons (Fsp3) is 0.706. The maximum Gasteiger partial charge on any atom is 0.257 e. The molecule has 1 aromatic rings. The molecule has 1 aromatic heterocycles. The van der Waals surface area contributed by atoms with Crippen molar-refractivity contribution in [3.05, 3.63) is 16.4 Å². The molecule has 1 saturated heterocycles. The summed E-state index contributed by atoms with van der Waals surface area (Å²) < 4.78 is 1.53. The number of amides is 1. The van der Waals surface area contributed by atoms with Crippen LogP contribution in [0.25, 0.3) is 0 Å². The SMILES string of the molecule is CC(C)Cn1c(SCC(=O)N2C[C@H](C)C[C@@H](C)C2)nc(O)cc1=O. The molecule has 0 aromatic carbocycles. The van der Waals surface area contributed by atoms with Gasteiger partial charge in [0.1, 0.15) is 0 Å². The highest BCUT2D eigenvalue weighted by atomic mass is 32.2. The van der Waals surface area contributed by atoms with Gasteiger partial charge >= 0.3 is 0 Å². The van der Waals surface area contributed by atoms with Crippen LogP contribution in [0.5, 0.6) is 5.88 Å². The summed E-state index contributed by atoms with van der Waals surface area (Å²) in [5.41, 5.74) is -0.286. The normalized spacial score (nSPS) is 21.3. The monoisotopic (exact) mass is 353 g/mol. The van der Waals surface area contributed by atoms with Crippen LogP contribution in [0, 0.1) is 17.8 Å². The predicted molar refractivity (Wildman–Crippen MR) is 95.2 cm³/mol. The molecule has 2 heterocycles. The van der Waals surface area contributed by atoms with Gasteiger partial charge < -0.3 is 10.0 Å². The van der Waals surface area contributed by atoms with Crippen molar-refractivity contribution in [1.29, 1.82) is 0 Å². The lowest BCUT2D eigenvalue weighted by Gasteiger charge is -2.35. The first-order valence-electron chi connectivity index (χ1n) is 8.47. The van der Waals surface area contributed by atoms with Gasteiger partial charge in [-0.3, -0.25) is 14.2 Å². The van der Waals surface area contributed by atoms with E-state index in [0.29, 0.717) is 23.5 Å². The fourth-order valence-electron chi connectivity index (χ4n) is 3.20. The largest absolute Gasteiger partial charge is 0.493 e. The lowest BCUT2D eigenvalue weighted by molar-refractivity contribution is -0.130. The van der Waals surface area contributed by atoms with E-state index in [1.807, 2.05) is 18.7 Å². The summed E-state index contributed by atoms with van der Waals surface area (Å²) in [7, 11) is 0. The molecule has 1 N–H and O–H groups in total. The predicted octanol–water partition coefficient (Wildman–Crippen LogP) is 2.20. The Morgan fingerprint density at radius 3 is 2.58 bits per heavy atom. The average Bonchev–Trinajstić information content (AvgIpc) is 2.46. The third-order valence-electron chi connectivity index (χ3n) is 4.05. The van der Waals surface area contributed by atoms with Gasteiger partial charge in [0, 0.05) is 19.6 Å². The van der Waals surface area contributed by atoms with Crippen molar-refractivity contribution < 1.29 is 9.90 Å². The minimum absolute atomic E-state index is 0.0621. The molecule has 7 heteroatoms. The van der Waals surface area contributed by atoms with Crippen LogP contribution in [-0.4, -0.2) is 44.3 Å². The maximum absolute atomic E-state index is 12.5. The Kier molecular flexibility index (Phi) is 6.32. The number of piperidine rings is 1. The van der Waals surface area contributed by atoms with Gasteiger partial charge in [0.05, 0.1) is 11.8 Å². The average molecular weight is 353 g/mol. The number of carbonyl (C=O) groups excluding carboxylic acids is 1. The number of hydrogen-bond acceptors (Lipinski definition) is 5. The van der Waals surface area contributed by atoms with Crippen LogP contribution < -0.4 is 5.56 Å². The van der Waals surface area contributed by atoms with E-state index in [-0.39, 0.29) is 29.0 Å². The molecular formula is C17H27N3O3S. The van der Waals surface area contributed by atoms with E-state index in [0.717, 1.165) is 25.6 Å². The van der Waals surface area contributed by atoms with Crippen LogP contribution in [0.3, 0.4) is 0 Å². The summed E-state index contributed by atoms with van der Waals surface area (Å²) in [5, 5.41) is 10.0. The highest BCUT2D eigenvalue weighted by Gasteiger charge is 2.25. The van der Waals surface area contributed by atoms with Gasteiger partial charge in [-0.15, -0.1) is 0 Å². The van der Waals surface area contributed by atoms with Crippen LogP contribution >= 0.6 is 11.8 Å². The first-order chi connectivity index (χ1) is 11.3. The summed E-state index contributed by atoms with van der Waals surface area (Å²) in [6, 6.07) is 1.11. The van der Waals surface area contributed by atoms with E-state index in [1.54, 1.807) is 0 Å². The van der Waals surface area contributed by atoms with Crippen LogP contribution in [0.2, 0.25) is 0 Å². The van der Waals surface area contributed by atoms with Gasteiger partial charge in [0.2, 0.25) is 11.8 Å². The molecule has 0 bridgehead atoms. The third kappa shape index (κ3) is 5.00. The Balaban J connectivity index is 2.08. The van der Waals surface area contributed by atoms with Gasteiger partial charge in [-0.25, -0.2) is 0 Å². The van der Waals surface area contributed by atoms with Crippen LogP contribution in [-0.2, 0) is 11.3 Å². The molecule has 6 nitrogen and oxygen atoms in total. The molecule has 1 aliphatic heterocycles. The van der Waals surface area contributed by atoms with Crippen LogP contribution in [0.4, 0.5) is 0 Å². The summed E-state index contributed by atoms with van der Waals surface area (Å²) in [6.07, 6.45) is 1.15. The Morgan fingerprint density at radius 1 is 1.38 bits per heavy atom. The number of thioether (sulfide) groups is 1. The first-order valence-corrected chi connectivity index (χ1v) is 9.46. The second kappa shape index (κ2) is 8.05. The summed E-state index contributed by atoms with van der Waals surface area (Å²) in [4.78, 5) is 30.5. The van der Waals surface area contributed by atoms with Crippen molar-refractivity contribution in [3.8, 4) is 5.88 Å². The summed E-state index contributed by atoms with van der Waals surface area (Å²) in [5.74, 6) is 1.30. The lowest BCUT2D eigenvalue weighted by atomic mass is 9.92. The number of aromatic nitrogens is 2. The molecule has 2 atom stereocenters. The molecule has 0 unspecified atom stereocenters. The number of likely N-dealkylation sites (tertiary alicyclic amines) is 1. The molecule has 0 aliphatic carbocycles. The lowest BCUT2D eigenvalue weighted by Crippen LogP contribution is -2.43. The van der Waals surface area contributed by atoms with Crippen molar-refractivity contribution >= 4 is 17.7 Å². The second-order valence-corrected chi connectivity index (χ2v) is 8.22. The van der Waals surface area contributed by atoms with E-state index < -0.39 is 0 Å². The zero-order valence-electron chi connectivity index (χ0n) is 14.9. The number of carbonyl (C=O) groups is 1. The van der Waals surface area contributed by atoms with Crippen molar-refractivity contribution in [3.63, 3.8) is 0 Å². The standard InChI is InChI=1S/C17H27N3O3S/c1-11(2)7-20-15(22)6-14(21)18-17(20)24-10-16(23)19-8-12(3)5-13(4)9-19/h6,11-13,21H,5,7-10H2,1-4H3/t12-,13-/m1/s1. The van der Waals surface area contributed by atoms with Gasteiger partial charge in [-0.2, -0.15) is 4.98 Å². The van der Waals surface area contributed by atoms with E-state index in [1.165, 1.54) is 16.3 Å². The Morgan fingerprint density at radius 2 is 2.00 bits per heavy atom. The molecule has 1 fully saturated rings. The minimum atomic E-state index is -0.296. The van der Waals surface area contributed by atoms with Crippen LogP contribution in [0.1, 0.15) is 34.1 Å². The van der Waals surface area contributed by atoms with Crippen LogP contribution in [0.15, 0.2) is 16.0 Å². The van der Waals surface area contributed by atoms with Crippen molar-refractivity contribution in [1.82, 2.24) is 14.5 Å². The van der Waals surface area contributed by atoms with Gasteiger partial charge in [0.25, 0.3) is 5.56 Å². The molecule has 1 aliphatic rings. The molecule has 1 amide bonds. The quantitative estimate of drug-likeness (QED) is 0.649. The van der Waals surface area contributed by atoms with Crippen molar-refractivity contribution in [2.24, 2.45) is 17.8 Å². The number of rotatable bonds is 5. The van der Waals surface area contributed by atoms with E-state index in [2.05, 4.69) is 18.8 Å². The third-order valence-corrected chi connectivity index (χ3v) is 5.01. The number of nitrogens with zero attached hydrogens (tertiary/aromatic N) is 3. The van der Waals surface area contributed by atoms with E-state index in [9.17, 15) is 14.7 Å². The van der Waals surface area contributed by atoms with E-state index in [4.69, 9.17) is 0 Å². The van der Waals surface area contributed by atoms with Crippen molar-refractivity contribution in [2.75, 3.05) is 18.8 Å². The molecule has 24 heavy (non-hydrogen) atoms. The topological polar surface area (TPSA) is 75.4 Å². The number of aromatic hydroxyl groups is 1. The summed E-state index contributed by atoms with van der Waals surface area (Å²) in [6.45, 7) is 10.4. The molecule has 2 rings (SSSR count). The highest BCUT2D eigenvalue weighted by Crippen LogP contribution is 2.23. The fourth-order valence-corrected chi connectivity index (χ4v) is 4.11. The molecule has 134 valence electrons. The Hall–Kier alpha value is -1.50. The number of hydrogen-bond donors (Lipinski definition) is 1. The van der Waals surface area contributed by atoms with Gasteiger partial charge in [0.15, 0.2) is 5.16 Å². The zero-order valence-corrected chi connectivity index (χ0v) is 15.7. The van der Waals surface area contributed by atoms with Gasteiger partial charge in [-0.1, -0.05) is 39.5 Å². The molecule has 0 saturated carbocycles. The summed E-state index contributed by atoms with van der Waals surface area (Å²) >= 11 is 1.22. The zero-order chi connectivity index (χ0) is 17.9. The molecule has 0 spiro atoms. The maximum atomic E-state index is 12.5.